The Morgan fingerprint density at radius 3 is 3.06 bits per heavy atom. The van der Waals surface area contributed by atoms with Crippen LogP contribution in [0.2, 0.25) is 0 Å². The molecule has 1 fully saturated rings. The second-order valence-electron chi connectivity index (χ2n) is 4.49. The zero-order chi connectivity index (χ0) is 12.3. The van der Waals surface area contributed by atoms with E-state index in [2.05, 4.69) is 21.7 Å². The van der Waals surface area contributed by atoms with Crippen LogP contribution in [-0.2, 0) is 16.1 Å². The van der Waals surface area contributed by atoms with Gasteiger partial charge in [-0.25, -0.2) is 4.79 Å². The summed E-state index contributed by atoms with van der Waals surface area (Å²) in [4.78, 5) is 12.9. The summed E-state index contributed by atoms with van der Waals surface area (Å²) < 4.78 is 5.47. The quantitative estimate of drug-likeness (QED) is 0.872. The number of carboxylic acid groups (broad SMARTS) is 1. The van der Waals surface area contributed by atoms with Crippen molar-refractivity contribution in [3.63, 3.8) is 0 Å². The van der Waals surface area contributed by atoms with E-state index >= 15 is 0 Å². The van der Waals surface area contributed by atoms with Gasteiger partial charge in [-0.05, 0) is 42.3 Å². The van der Waals surface area contributed by atoms with Crippen LogP contribution in [0.4, 0.5) is 0 Å². The van der Waals surface area contributed by atoms with Gasteiger partial charge < -0.3 is 9.84 Å². The van der Waals surface area contributed by atoms with Crippen molar-refractivity contribution in [3.05, 3.63) is 22.4 Å². The number of ether oxygens (including phenoxy) is 1. The van der Waals surface area contributed by atoms with Gasteiger partial charge in [-0.15, -0.1) is 0 Å². The minimum atomic E-state index is -0.840. The van der Waals surface area contributed by atoms with Crippen molar-refractivity contribution >= 4 is 17.3 Å². The Kier molecular flexibility index (Phi) is 4.15. The van der Waals surface area contributed by atoms with E-state index in [0.29, 0.717) is 6.42 Å². The number of rotatable bonds is 5. The summed E-state index contributed by atoms with van der Waals surface area (Å²) in [5.41, 5.74) is 1.30. The topological polar surface area (TPSA) is 49.8 Å². The molecule has 2 heterocycles. The lowest BCUT2D eigenvalue weighted by atomic mass is 10.2. The Morgan fingerprint density at radius 2 is 2.47 bits per heavy atom. The van der Waals surface area contributed by atoms with E-state index in [0.717, 1.165) is 19.5 Å². The van der Waals surface area contributed by atoms with Crippen molar-refractivity contribution in [2.75, 3.05) is 13.6 Å². The lowest BCUT2D eigenvalue weighted by molar-refractivity contribution is -0.149. The fourth-order valence-corrected chi connectivity index (χ4v) is 2.79. The first-order valence-corrected chi connectivity index (χ1v) is 6.67. The second kappa shape index (κ2) is 5.62. The lowest BCUT2D eigenvalue weighted by Gasteiger charge is -2.20. The van der Waals surface area contributed by atoms with Crippen molar-refractivity contribution < 1.29 is 14.6 Å². The smallest absolute Gasteiger partial charge is 0.332 e. The Hall–Kier alpha value is -0.910. The van der Waals surface area contributed by atoms with Crippen molar-refractivity contribution in [2.45, 2.75) is 31.6 Å². The van der Waals surface area contributed by atoms with Gasteiger partial charge in [0.05, 0.1) is 6.10 Å². The third-order valence-electron chi connectivity index (χ3n) is 2.93. The van der Waals surface area contributed by atoms with Gasteiger partial charge in [0.1, 0.15) is 0 Å². The molecule has 1 N–H and O–H groups in total. The van der Waals surface area contributed by atoms with E-state index in [4.69, 9.17) is 9.84 Å². The highest BCUT2D eigenvalue weighted by Gasteiger charge is 2.30. The van der Waals surface area contributed by atoms with Gasteiger partial charge in [-0.1, -0.05) is 0 Å². The fraction of sp³-hybridized carbons (Fsp3) is 0.583. The number of carboxylic acids is 1. The van der Waals surface area contributed by atoms with E-state index in [-0.39, 0.29) is 6.10 Å². The SMILES string of the molecule is CN(Cc1ccsc1)CC1CCC(C(=O)O)O1. The number of thiophene rings is 1. The molecule has 2 rings (SSSR count). The molecule has 5 heteroatoms. The molecule has 0 amide bonds. The summed E-state index contributed by atoms with van der Waals surface area (Å²) in [5.74, 6) is -0.840. The number of likely N-dealkylation sites (N-methyl/N-ethyl adjacent to an activating group) is 1. The van der Waals surface area contributed by atoms with Gasteiger partial charge in [-0.3, -0.25) is 4.90 Å². The molecule has 1 aliphatic heterocycles. The first kappa shape index (κ1) is 12.5. The number of nitrogens with zero attached hydrogens (tertiary/aromatic N) is 1. The third-order valence-corrected chi connectivity index (χ3v) is 3.66. The molecule has 1 aromatic heterocycles. The summed E-state index contributed by atoms with van der Waals surface area (Å²) in [5, 5.41) is 13.0. The van der Waals surface area contributed by atoms with E-state index in [1.54, 1.807) is 11.3 Å². The van der Waals surface area contributed by atoms with Crippen LogP contribution in [0.3, 0.4) is 0 Å². The van der Waals surface area contributed by atoms with Gasteiger partial charge in [-0.2, -0.15) is 11.3 Å². The molecule has 2 unspecified atom stereocenters. The van der Waals surface area contributed by atoms with Crippen LogP contribution >= 0.6 is 11.3 Å². The predicted molar refractivity (Wildman–Crippen MR) is 66.2 cm³/mol. The standard InChI is InChI=1S/C12H17NO3S/c1-13(6-9-4-5-17-8-9)7-10-2-3-11(16-10)12(14)15/h4-5,8,10-11H,2-3,6-7H2,1H3,(H,14,15). The van der Waals surface area contributed by atoms with Crippen LogP contribution in [0, 0.1) is 0 Å². The molecule has 1 aromatic rings. The zero-order valence-electron chi connectivity index (χ0n) is 9.83. The highest BCUT2D eigenvalue weighted by molar-refractivity contribution is 7.07. The fourth-order valence-electron chi connectivity index (χ4n) is 2.13. The minimum Gasteiger partial charge on any atom is -0.479 e. The number of aliphatic carboxylic acids is 1. The van der Waals surface area contributed by atoms with E-state index in [9.17, 15) is 4.79 Å². The number of hydrogen-bond acceptors (Lipinski definition) is 4. The van der Waals surface area contributed by atoms with Gasteiger partial charge in [0.25, 0.3) is 0 Å². The zero-order valence-corrected chi connectivity index (χ0v) is 10.7. The monoisotopic (exact) mass is 255 g/mol. The summed E-state index contributed by atoms with van der Waals surface area (Å²) in [6, 6.07) is 2.11. The number of hydrogen-bond donors (Lipinski definition) is 1. The molecule has 0 saturated carbocycles. The van der Waals surface area contributed by atoms with E-state index in [1.807, 2.05) is 7.05 Å². The summed E-state index contributed by atoms with van der Waals surface area (Å²) >= 11 is 1.69. The highest BCUT2D eigenvalue weighted by atomic mass is 32.1. The Balaban J connectivity index is 1.76. The lowest BCUT2D eigenvalue weighted by Crippen LogP contribution is -2.30. The molecule has 0 aromatic carbocycles. The number of carbonyl (C=O) groups is 1. The van der Waals surface area contributed by atoms with Crippen LogP contribution in [0.25, 0.3) is 0 Å². The van der Waals surface area contributed by atoms with Crippen LogP contribution < -0.4 is 0 Å². The molecule has 0 radical (unpaired) electrons. The first-order chi connectivity index (χ1) is 8.15. The molecular weight excluding hydrogens is 238 g/mol. The normalized spacial score (nSPS) is 24.4. The molecule has 1 saturated heterocycles. The van der Waals surface area contributed by atoms with E-state index < -0.39 is 12.1 Å². The maximum Gasteiger partial charge on any atom is 0.332 e. The highest BCUT2D eigenvalue weighted by Crippen LogP contribution is 2.21. The van der Waals surface area contributed by atoms with E-state index in [1.165, 1.54) is 5.56 Å². The van der Waals surface area contributed by atoms with Crippen molar-refractivity contribution in [2.24, 2.45) is 0 Å². The average molecular weight is 255 g/mol. The van der Waals surface area contributed by atoms with Crippen LogP contribution in [0.5, 0.6) is 0 Å². The molecule has 0 spiro atoms. The third kappa shape index (κ3) is 3.52. The van der Waals surface area contributed by atoms with Crippen molar-refractivity contribution in [3.8, 4) is 0 Å². The molecule has 4 nitrogen and oxygen atoms in total. The van der Waals surface area contributed by atoms with Crippen LogP contribution in [0.1, 0.15) is 18.4 Å². The molecule has 94 valence electrons. The van der Waals surface area contributed by atoms with Gasteiger partial charge in [0, 0.05) is 13.1 Å². The Bertz CT molecular complexity index is 366. The molecule has 1 aliphatic rings. The molecule has 17 heavy (non-hydrogen) atoms. The average Bonchev–Trinajstić information content (AvgIpc) is 2.88. The Labute approximate surface area is 105 Å². The minimum absolute atomic E-state index is 0.0553. The largest absolute Gasteiger partial charge is 0.479 e. The maximum atomic E-state index is 10.8. The van der Waals surface area contributed by atoms with Gasteiger partial charge in [0.15, 0.2) is 6.10 Å². The molecular formula is C12H17NO3S. The molecule has 2 atom stereocenters. The van der Waals surface area contributed by atoms with Crippen molar-refractivity contribution in [1.29, 1.82) is 0 Å². The summed E-state index contributed by atoms with van der Waals surface area (Å²) in [6.45, 7) is 1.68. The summed E-state index contributed by atoms with van der Waals surface area (Å²) in [6.07, 6.45) is 0.923. The molecule has 0 bridgehead atoms. The van der Waals surface area contributed by atoms with Gasteiger partial charge >= 0.3 is 5.97 Å². The van der Waals surface area contributed by atoms with Crippen LogP contribution in [0.15, 0.2) is 16.8 Å². The maximum absolute atomic E-state index is 10.8. The van der Waals surface area contributed by atoms with Crippen LogP contribution in [-0.4, -0.2) is 41.8 Å². The Morgan fingerprint density at radius 1 is 1.65 bits per heavy atom. The van der Waals surface area contributed by atoms with Crippen molar-refractivity contribution in [1.82, 2.24) is 4.90 Å². The predicted octanol–water partition coefficient (Wildman–Crippen LogP) is 1.81. The summed E-state index contributed by atoms with van der Waals surface area (Å²) in [7, 11) is 2.04. The molecule has 0 aliphatic carbocycles. The second-order valence-corrected chi connectivity index (χ2v) is 5.27. The first-order valence-electron chi connectivity index (χ1n) is 5.73. The van der Waals surface area contributed by atoms with Gasteiger partial charge in [0.2, 0.25) is 0 Å².